The maximum Gasteiger partial charge on any atom is 0.325 e. The van der Waals surface area contributed by atoms with Crippen molar-refractivity contribution in [2.24, 2.45) is 0 Å². The van der Waals surface area contributed by atoms with Crippen LogP contribution in [0.15, 0.2) is 42.6 Å². The number of halogens is 2. The van der Waals surface area contributed by atoms with Gasteiger partial charge < -0.3 is 5.32 Å². The molecule has 1 aliphatic rings. The molecule has 2 heterocycles. The number of rotatable bonds is 3. The van der Waals surface area contributed by atoms with Crippen molar-refractivity contribution in [1.29, 1.82) is 0 Å². The smallest absolute Gasteiger partial charge is 0.318 e. The van der Waals surface area contributed by atoms with Gasteiger partial charge >= 0.3 is 6.03 Å². The molecule has 1 aliphatic heterocycles. The number of carbonyl (C=O) groups excluding carboxylic acids is 2. The van der Waals surface area contributed by atoms with Gasteiger partial charge in [-0.1, -0.05) is 35.3 Å². The Morgan fingerprint density at radius 1 is 1.13 bits per heavy atom. The van der Waals surface area contributed by atoms with Crippen LogP contribution in [0.5, 0.6) is 0 Å². The summed E-state index contributed by atoms with van der Waals surface area (Å²) in [6.45, 7) is 1.63. The van der Waals surface area contributed by atoms with Crippen molar-refractivity contribution in [1.82, 2.24) is 15.2 Å². The molecule has 118 valence electrons. The van der Waals surface area contributed by atoms with E-state index in [0.717, 1.165) is 4.90 Å². The van der Waals surface area contributed by atoms with E-state index in [-0.39, 0.29) is 6.54 Å². The van der Waals surface area contributed by atoms with Gasteiger partial charge in [0.1, 0.15) is 0 Å². The van der Waals surface area contributed by atoms with E-state index in [0.29, 0.717) is 21.3 Å². The van der Waals surface area contributed by atoms with Gasteiger partial charge in [-0.2, -0.15) is 0 Å². The summed E-state index contributed by atoms with van der Waals surface area (Å²) in [7, 11) is 0. The third kappa shape index (κ3) is 2.66. The number of hydrogen-bond acceptors (Lipinski definition) is 3. The molecule has 1 unspecified atom stereocenters. The van der Waals surface area contributed by atoms with Crippen molar-refractivity contribution in [3.8, 4) is 0 Å². The summed E-state index contributed by atoms with van der Waals surface area (Å²) in [5.41, 5.74) is -0.192. The van der Waals surface area contributed by atoms with Crippen molar-refractivity contribution in [2.75, 3.05) is 0 Å². The van der Waals surface area contributed by atoms with Gasteiger partial charge in [-0.05, 0) is 31.2 Å². The second kappa shape index (κ2) is 5.83. The van der Waals surface area contributed by atoms with Crippen molar-refractivity contribution >= 4 is 35.1 Å². The first-order valence-electron chi connectivity index (χ1n) is 6.92. The molecule has 1 aromatic carbocycles. The number of nitrogens with one attached hydrogen (secondary N) is 1. The van der Waals surface area contributed by atoms with E-state index < -0.39 is 17.5 Å². The highest BCUT2D eigenvalue weighted by Gasteiger charge is 2.50. The number of nitrogens with zero attached hydrogens (tertiary/aromatic N) is 2. The molecule has 3 amide bonds. The molecular weight excluding hydrogens is 337 g/mol. The van der Waals surface area contributed by atoms with Crippen molar-refractivity contribution in [3.63, 3.8) is 0 Å². The fourth-order valence-corrected chi connectivity index (χ4v) is 3.03. The van der Waals surface area contributed by atoms with E-state index in [1.165, 1.54) is 0 Å². The number of carbonyl (C=O) groups is 2. The first-order chi connectivity index (χ1) is 10.9. The Kier molecular flexibility index (Phi) is 4.00. The monoisotopic (exact) mass is 349 g/mol. The van der Waals surface area contributed by atoms with Crippen LogP contribution in [0.3, 0.4) is 0 Å². The average Bonchev–Trinajstić information content (AvgIpc) is 2.75. The predicted molar refractivity (Wildman–Crippen MR) is 87.1 cm³/mol. The summed E-state index contributed by atoms with van der Waals surface area (Å²) in [4.78, 5) is 30.3. The molecule has 0 radical (unpaired) electrons. The predicted octanol–water partition coefficient (Wildman–Crippen LogP) is 3.36. The summed E-state index contributed by atoms with van der Waals surface area (Å²) in [6.07, 6.45) is 1.58. The Morgan fingerprint density at radius 3 is 2.43 bits per heavy atom. The summed E-state index contributed by atoms with van der Waals surface area (Å²) < 4.78 is 0. The van der Waals surface area contributed by atoms with Crippen LogP contribution >= 0.6 is 23.2 Å². The van der Waals surface area contributed by atoms with Crippen LogP contribution in [0.25, 0.3) is 0 Å². The molecule has 1 fully saturated rings. The third-order valence-corrected chi connectivity index (χ3v) is 4.54. The molecule has 3 rings (SSSR count). The van der Waals surface area contributed by atoms with E-state index >= 15 is 0 Å². The molecule has 0 saturated carbocycles. The Bertz CT molecular complexity index is 762. The van der Waals surface area contributed by atoms with E-state index in [4.69, 9.17) is 23.2 Å². The van der Waals surface area contributed by atoms with Gasteiger partial charge in [-0.3, -0.25) is 14.7 Å². The minimum absolute atomic E-state index is 0.00555. The average molecular weight is 350 g/mol. The molecule has 0 bridgehead atoms. The highest BCUT2D eigenvalue weighted by molar-refractivity contribution is 6.36. The number of aromatic nitrogens is 1. The lowest BCUT2D eigenvalue weighted by molar-refractivity contribution is -0.131. The zero-order valence-electron chi connectivity index (χ0n) is 12.2. The minimum Gasteiger partial charge on any atom is -0.318 e. The highest BCUT2D eigenvalue weighted by Crippen LogP contribution is 2.31. The molecule has 2 aromatic rings. The van der Waals surface area contributed by atoms with Gasteiger partial charge in [0.25, 0.3) is 5.91 Å². The maximum atomic E-state index is 12.8. The Hall–Kier alpha value is -2.11. The molecule has 1 N–H and O–H groups in total. The lowest BCUT2D eigenvalue weighted by Crippen LogP contribution is -2.41. The van der Waals surface area contributed by atoms with Gasteiger partial charge in [-0.15, -0.1) is 0 Å². The van der Waals surface area contributed by atoms with Crippen molar-refractivity contribution < 1.29 is 9.59 Å². The quantitative estimate of drug-likeness (QED) is 0.864. The number of amides is 3. The Labute approximate surface area is 143 Å². The summed E-state index contributed by atoms with van der Waals surface area (Å²) in [5.74, 6) is -0.391. The van der Waals surface area contributed by atoms with Crippen LogP contribution in [0.4, 0.5) is 4.79 Å². The van der Waals surface area contributed by atoms with Crippen LogP contribution in [-0.4, -0.2) is 21.8 Å². The van der Waals surface area contributed by atoms with E-state index in [1.807, 2.05) is 0 Å². The third-order valence-electron chi connectivity index (χ3n) is 3.83. The van der Waals surface area contributed by atoms with Gasteiger partial charge in [0, 0.05) is 21.8 Å². The number of imide groups is 1. The molecule has 7 heteroatoms. The fraction of sp³-hybridized carbons (Fsp3) is 0.188. The first kappa shape index (κ1) is 15.8. The molecule has 0 spiro atoms. The SMILES string of the molecule is CC1(c2ccccn2)NC(=O)N(Cc2c(Cl)cccc2Cl)C1=O. The van der Waals surface area contributed by atoms with Gasteiger partial charge in [0.05, 0.1) is 12.2 Å². The van der Waals surface area contributed by atoms with E-state index in [2.05, 4.69) is 10.3 Å². The maximum absolute atomic E-state index is 12.8. The lowest BCUT2D eigenvalue weighted by atomic mass is 9.97. The minimum atomic E-state index is -1.20. The highest BCUT2D eigenvalue weighted by atomic mass is 35.5. The van der Waals surface area contributed by atoms with Gasteiger partial charge in [0.2, 0.25) is 0 Å². The standard InChI is InChI=1S/C16H13Cl2N3O2/c1-16(13-7-2-3-8-19-13)14(22)21(15(23)20-16)9-10-11(17)5-4-6-12(10)18/h2-8H,9H2,1H3,(H,20,23). The summed E-state index contributed by atoms with van der Waals surface area (Å²) >= 11 is 12.2. The molecule has 1 saturated heterocycles. The number of hydrogen-bond donors (Lipinski definition) is 1. The Morgan fingerprint density at radius 2 is 1.83 bits per heavy atom. The van der Waals surface area contributed by atoms with Crippen LogP contribution < -0.4 is 5.32 Å². The topological polar surface area (TPSA) is 62.3 Å². The van der Waals surface area contributed by atoms with Gasteiger partial charge in [0.15, 0.2) is 5.54 Å². The van der Waals surface area contributed by atoms with Crippen LogP contribution in [-0.2, 0) is 16.9 Å². The molecule has 0 aliphatic carbocycles. The zero-order valence-corrected chi connectivity index (χ0v) is 13.7. The molecule has 1 atom stereocenters. The molecule has 23 heavy (non-hydrogen) atoms. The second-order valence-corrected chi connectivity index (χ2v) is 6.18. The van der Waals surface area contributed by atoms with E-state index in [9.17, 15) is 9.59 Å². The second-order valence-electron chi connectivity index (χ2n) is 5.36. The molecule has 1 aromatic heterocycles. The molecular formula is C16H13Cl2N3O2. The Balaban J connectivity index is 1.94. The summed E-state index contributed by atoms with van der Waals surface area (Å²) in [6, 6.07) is 9.75. The van der Waals surface area contributed by atoms with E-state index in [1.54, 1.807) is 49.5 Å². The first-order valence-corrected chi connectivity index (χ1v) is 7.67. The van der Waals surface area contributed by atoms with Crippen molar-refractivity contribution in [3.05, 3.63) is 63.9 Å². The normalized spacial score (nSPS) is 20.7. The number of urea groups is 1. The zero-order chi connectivity index (χ0) is 16.6. The van der Waals surface area contributed by atoms with Gasteiger partial charge in [-0.25, -0.2) is 4.79 Å². The lowest BCUT2D eigenvalue weighted by Gasteiger charge is -2.21. The fourth-order valence-electron chi connectivity index (χ4n) is 2.51. The largest absolute Gasteiger partial charge is 0.325 e. The van der Waals surface area contributed by atoms with Crippen LogP contribution in [0.2, 0.25) is 10.0 Å². The van der Waals surface area contributed by atoms with Crippen LogP contribution in [0.1, 0.15) is 18.2 Å². The van der Waals surface area contributed by atoms with Crippen molar-refractivity contribution in [2.45, 2.75) is 19.0 Å². The number of pyridine rings is 1. The molecule has 5 nitrogen and oxygen atoms in total. The van der Waals surface area contributed by atoms with Crippen LogP contribution in [0, 0.1) is 0 Å². The summed E-state index contributed by atoms with van der Waals surface area (Å²) in [5, 5.41) is 3.51. The number of benzene rings is 1.